The number of aromatic nitrogens is 1. The van der Waals surface area contributed by atoms with Crippen molar-refractivity contribution in [1.29, 1.82) is 0 Å². The lowest BCUT2D eigenvalue weighted by Crippen LogP contribution is -2.50. The maximum absolute atomic E-state index is 13.8. The average molecular weight is 1110 g/mol. The number of anilines is 1. The molecule has 0 aliphatic carbocycles. The smallest absolute Gasteiger partial charge is 0.347 e. The minimum Gasteiger partial charge on any atom is -0.451 e. The van der Waals surface area contributed by atoms with Crippen molar-refractivity contribution in [2.45, 2.75) is 120 Å². The zero-order valence-corrected chi connectivity index (χ0v) is 46.0. The molecule has 4 heterocycles. The number of aryl methyl sites for hydroxylation is 1. The van der Waals surface area contributed by atoms with Gasteiger partial charge in [-0.15, -0.1) is 11.3 Å². The number of methoxy groups -OCH3 is 1. The SMILES string of the molecule is CCN(CC)CCNC(=O)c1c(C)[nH]c(/C=C2\C(=O)Nc3ccc(OC(=O)CCCCC(=O)OC(C)C(=O)OC(C)C(=O)OC(C)C(=O)N(CC)C4CN(CCCOC)S(=O)(=O)c5sc(S(N)(=O)=O)cc54)cc32)c1C. The minimum absolute atomic E-state index is 0.000501. The number of esters is 4. The zero-order chi connectivity index (χ0) is 55.5. The number of hydrogen-bond acceptors (Lipinski definition) is 18. The molecule has 2 aromatic heterocycles. The Morgan fingerprint density at radius 3 is 2.19 bits per heavy atom. The van der Waals surface area contributed by atoms with Gasteiger partial charge in [-0.3, -0.25) is 24.0 Å². The lowest BCUT2D eigenvalue weighted by atomic mass is 10.0. The summed E-state index contributed by atoms with van der Waals surface area (Å²) >= 11 is 0.470. The third kappa shape index (κ3) is 14.9. The standard InChI is InChI=1S/C49H67N7O16S3/c1-10-54(11-2)22-20-51-45(60)43-28(4)38(52-29(43)5)25-35-34-24-33(18-19-37(34)53-44(35)59)72-41(58)17-14-13-16-40(57)69-31(7)47(62)71-32(8)48(63)70-30(6)46(61)56(12-3)39-27-55(21-15-23-68-9)75(66,67)49-36(39)26-42(73-49)74(50,64)65/h18-19,24-26,30-32,39,52H,10-17,20-23,27H2,1-9H3,(H,51,60)(H,53,59)(H2,50,64,65)/b35-25-. The van der Waals surface area contributed by atoms with E-state index in [1.165, 1.54) is 38.8 Å². The number of unbranched alkanes of at least 4 members (excludes halogenated alkanes) is 1. The normalized spacial score (nSPS) is 16.8. The summed E-state index contributed by atoms with van der Waals surface area (Å²) in [6.07, 6.45) is -2.41. The van der Waals surface area contributed by atoms with Crippen molar-refractivity contribution in [3.63, 3.8) is 0 Å². The number of carbonyl (C=O) groups is 7. The molecule has 2 aliphatic rings. The molecule has 2 aliphatic heterocycles. The van der Waals surface area contributed by atoms with E-state index in [-0.39, 0.29) is 79.3 Å². The van der Waals surface area contributed by atoms with Gasteiger partial charge in [-0.1, -0.05) is 13.8 Å². The first-order chi connectivity index (χ1) is 35.4. The number of amides is 3. The topological polar surface area (TPSA) is 310 Å². The summed E-state index contributed by atoms with van der Waals surface area (Å²) in [5, 5.41) is 11.1. The van der Waals surface area contributed by atoms with Crippen molar-refractivity contribution < 1.29 is 74.1 Å². The van der Waals surface area contributed by atoms with E-state index in [0.29, 0.717) is 70.2 Å². The van der Waals surface area contributed by atoms with Gasteiger partial charge in [0.1, 0.15) is 14.2 Å². The number of fused-ring (bicyclic) bond motifs is 2. The van der Waals surface area contributed by atoms with Crippen molar-refractivity contribution in [2.75, 3.05) is 64.8 Å². The van der Waals surface area contributed by atoms with Crippen molar-refractivity contribution in [1.82, 2.24) is 24.4 Å². The van der Waals surface area contributed by atoms with Crippen LogP contribution in [0.4, 0.5) is 5.69 Å². The first-order valence-electron chi connectivity index (χ1n) is 24.5. The Morgan fingerprint density at radius 2 is 1.56 bits per heavy atom. The number of hydrogen-bond donors (Lipinski definition) is 4. The molecule has 4 unspecified atom stereocenters. The van der Waals surface area contributed by atoms with Crippen LogP contribution in [0.2, 0.25) is 0 Å². The lowest BCUT2D eigenvalue weighted by molar-refractivity contribution is -0.180. The highest BCUT2D eigenvalue weighted by Crippen LogP contribution is 2.43. The van der Waals surface area contributed by atoms with E-state index in [4.69, 9.17) is 28.8 Å². The van der Waals surface area contributed by atoms with Gasteiger partial charge in [0.05, 0.1) is 17.2 Å². The van der Waals surface area contributed by atoms with Gasteiger partial charge in [0.2, 0.25) is 10.0 Å². The monoisotopic (exact) mass is 1110 g/mol. The van der Waals surface area contributed by atoms with E-state index in [9.17, 15) is 50.4 Å². The van der Waals surface area contributed by atoms with Gasteiger partial charge >= 0.3 is 23.9 Å². The molecule has 26 heteroatoms. The zero-order valence-electron chi connectivity index (χ0n) is 43.6. The van der Waals surface area contributed by atoms with E-state index in [2.05, 4.69) is 34.4 Å². The van der Waals surface area contributed by atoms with Gasteiger partial charge < -0.3 is 49.1 Å². The fourth-order valence-corrected chi connectivity index (χ4v) is 12.8. The Balaban J connectivity index is 1.08. The van der Waals surface area contributed by atoms with Crippen LogP contribution >= 0.6 is 11.3 Å². The highest BCUT2D eigenvalue weighted by molar-refractivity contribution is 7.94. The molecule has 4 atom stereocenters. The molecule has 0 fully saturated rings. The molecule has 5 N–H and O–H groups in total. The number of nitrogens with zero attached hydrogens (tertiary/aromatic N) is 3. The number of thiophene rings is 1. The number of ether oxygens (including phenoxy) is 5. The van der Waals surface area contributed by atoms with Crippen LogP contribution in [0.5, 0.6) is 5.75 Å². The molecule has 75 heavy (non-hydrogen) atoms. The second kappa shape index (κ2) is 26.1. The highest BCUT2D eigenvalue weighted by atomic mass is 32.3. The molecule has 3 aromatic rings. The largest absolute Gasteiger partial charge is 0.451 e. The summed E-state index contributed by atoms with van der Waals surface area (Å²) in [4.78, 5) is 98.1. The van der Waals surface area contributed by atoms with Crippen LogP contribution < -0.4 is 20.5 Å². The molecule has 1 aromatic carbocycles. The number of rotatable bonds is 26. The van der Waals surface area contributed by atoms with E-state index in [0.717, 1.165) is 23.5 Å². The molecule has 3 amide bonds. The molecule has 23 nitrogen and oxygen atoms in total. The number of benzene rings is 1. The number of likely N-dealkylation sites (N-methyl/N-ethyl adjacent to an activating group) is 2. The van der Waals surface area contributed by atoms with Crippen LogP contribution in [-0.2, 0) is 67.8 Å². The quantitative estimate of drug-likeness (QED) is 0.0292. The molecule has 0 radical (unpaired) electrons. The number of nitrogens with one attached hydrogen (secondary N) is 3. The number of nitrogens with two attached hydrogens (primary N) is 1. The van der Waals surface area contributed by atoms with Gasteiger partial charge in [-0.05, 0) is 110 Å². The maximum Gasteiger partial charge on any atom is 0.347 e. The molecule has 0 saturated heterocycles. The molecule has 0 bridgehead atoms. The minimum atomic E-state index is -4.32. The van der Waals surface area contributed by atoms with Crippen LogP contribution in [0.1, 0.15) is 118 Å². The molecule has 412 valence electrons. The lowest BCUT2D eigenvalue weighted by Gasteiger charge is -2.39. The molecular weight excluding hydrogens is 1040 g/mol. The Bertz CT molecular complexity index is 2890. The Hall–Kier alpha value is -6.03. The number of sulfonamides is 2. The fourth-order valence-electron chi connectivity index (χ4n) is 8.47. The predicted molar refractivity (Wildman–Crippen MR) is 275 cm³/mol. The average Bonchev–Trinajstić information content (AvgIpc) is 4.03. The van der Waals surface area contributed by atoms with Gasteiger partial charge in [0, 0.05) is 87.5 Å². The van der Waals surface area contributed by atoms with Gasteiger partial charge in [0.25, 0.3) is 27.7 Å². The summed E-state index contributed by atoms with van der Waals surface area (Å²) in [5.41, 5.74) is 3.75. The third-order valence-electron chi connectivity index (χ3n) is 12.6. The number of primary sulfonamides is 1. The summed E-state index contributed by atoms with van der Waals surface area (Å²) in [7, 11) is -7.04. The molecular formula is C49H67N7O16S3. The van der Waals surface area contributed by atoms with Gasteiger partial charge in [-0.2, -0.15) is 4.31 Å². The number of H-pyrrole nitrogens is 1. The fraction of sp³-hybridized carbons (Fsp3) is 0.531. The first-order valence-corrected chi connectivity index (χ1v) is 28.3. The second-order valence-electron chi connectivity index (χ2n) is 17.8. The van der Waals surface area contributed by atoms with Crippen molar-refractivity contribution >= 4 is 90.3 Å². The molecule has 5 rings (SSSR count). The van der Waals surface area contributed by atoms with Gasteiger partial charge in [-0.25, -0.2) is 31.6 Å². The van der Waals surface area contributed by atoms with Crippen molar-refractivity contribution in [3.8, 4) is 5.75 Å². The Kier molecular flexibility index (Phi) is 20.9. The maximum atomic E-state index is 13.8. The second-order valence-corrected chi connectivity index (χ2v) is 22.8. The van der Waals surface area contributed by atoms with Crippen LogP contribution in [-0.4, -0.2) is 155 Å². The number of aromatic amines is 1. The molecule has 0 spiro atoms. The Morgan fingerprint density at radius 1 is 0.920 bits per heavy atom. The predicted octanol–water partition coefficient (Wildman–Crippen LogP) is 3.80. The van der Waals surface area contributed by atoms with Crippen molar-refractivity contribution in [2.24, 2.45) is 5.14 Å². The number of carbonyl (C=O) groups excluding carboxylic acids is 7. The summed E-state index contributed by atoms with van der Waals surface area (Å²) < 4.78 is 78.4. The van der Waals surface area contributed by atoms with E-state index in [1.54, 1.807) is 39.0 Å². The van der Waals surface area contributed by atoms with Crippen LogP contribution in [0, 0.1) is 13.8 Å². The third-order valence-corrected chi connectivity index (χ3v) is 17.5. The Labute approximate surface area is 440 Å². The summed E-state index contributed by atoms with van der Waals surface area (Å²) in [6, 6.07) is 4.84. The summed E-state index contributed by atoms with van der Waals surface area (Å²) in [6.45, 7) is 15.9. The van der Waals surface area contributed by atoms with E-state index in [1.807, 2.05) is 0 Å². The van der Waals surface area contributed by atoms with Crippen molar-refractivity contribution in [3.05, 3.63) is 57.9 Å². The van der Waals surface area contributed by atoms with Crippen LogP contribution in [0.15, 0.2) is 32.7 Å². The van der Waals surface area contributed by atoms with E-state index >= 15 is 0 Å². The first kappa shape index (κ1) is 59.8. The summed E-state index contributed by atoms with van der Waals surface area (Å²) in [5.74, 6) is -4.76. The van der Waals surface area contributed by atoms with Crippen LogP contribution in [0.25, 0.3) is 11.6 Å². The highest BCUT2D eigenvalue weighted by Gasteiger charge is 2.44. The van der Waals surface area contributed by atoms with Crippen LogP contribution in [0.3, 0.4) is 0 Å². The van der Waals surface area contributed by atoms with E-state index < -0.39 is 78.4 Å². The van der Waals surface area contributed by atoms with Gasteiger partial charge in [0.15, 0.2) is 18.3 Å². The molecule has 0 saturated carbocycles.